The molecule has 0 saturated heterocycles. The van der Waals surface area contributed by atoms with Crippen molar-refractivity contribution < 1.29 is 24.6 Å². The van der Waals surface area contributed by atoms with Gasteiger partial charge in [0.1, 0.15) is 0 Å². The molecule has 7 heteroatoms. The summed E-state index contributed by atoms with van der Waals surface area (Å²) >= 11 is 6.50. The third kappa shape index (κ3) is 32.3. The van der Waals surface area contributed by atoms with E-state index in [0.29, 0.717) is 25.9 Å². The Hall–Kier alpha value is 0.614. The second kappa shape index (κ2) is 23.7. The van der Waals surface area contributed by atoms with Gasteiger partial charge in [0.15, 0.2) is 0 Å². The molecule has 0 fully saturated rings. The molecule has 0 aliphatic rings. The minimum atomic E-state index is 0.0370. The number of hydrogen-bond donors (Lipinski definition) is 0. The van der Waals surface area contributed by atoms with Gasteiger partial charge >= 0.3 is 41.3 Å². The number of carbonyl (C=O) groups is 2. The van der Waals surface area contributed by atoms with Crippen LogP contribution in [-0.4, -0.2) is 24.9 Å². The van der Waals surface area contributed by atoms with Crippen molar-refractivity contribution in [3.05, 3.63) is 10.6 Å². The Kier molecular flexibility index (Phi) is 30.7. The van der Waals surface area contributed by atoms with Crippen LogP contribution in [0.4, 0.5) is 0 Å². The fraction of sp³-hybridized carbons (Fsp3) is 0.833. The van der Waals surface area contributed by atoms with E-state index < -0.39 is 0 Å². The molecule has 0 aliphatic carbocycles. The summed E-state index contributed by atoms with van der Waals surface area (Å²) in [5.74, 6) is 0.0741. The molecule has 0 aromatic carbocycles. The van der Waals surface area contributed by atoms with Crippen molar-refractivity contribution in [1.82, 2.24) is 0 Å². The third-order valence-corrected chi connectivity index (χ3v) is 1.60. The van der Waals surface area contributed by atoms with Crippen LogP contribution >= 0.6 is 26.3 Å². The molecule has 0 aliphatic heterocycles. The van der Waals surface area contributed by atoms with E-state index in [2.05, 4.69) is 37.0 Å². The quantitative estimate of drug-likeness (QED) is 0.544. The van der Waals surface area contributed by atoms with Crippen molar-refractivity contribution in [2.75, 3.05) is 13.1 Å². The fourth-order valence-electron chi connectivity index (χ4n) is 0.939. The van der Waals surface area contributed by atoms with Crippen LogP contribution in [0.5, 0.6) is 0 Å². The minimum absolute atomic E-state index is 0.0370. The van der Waals surface area contributed by atoms with Gasteiger partial charge in [-0.05, 0) is 12.8 Å². The van der Waals surface area contributed by atoms with Crippen molar-refractivity contribution in [2.45, 2.75) is 53.4 Å². The second-order valence-corrected chi connectivity index (χ2v) is 11.2. The first-order valence-corrected chi connectivity index (χ1v) is 14.1. The Morgan fingerprint density at radius 1 is 0.842 bits per heavy atom. The van der Waals surface area contributed by atoms with Crippen LogP contribution < -0.4 is 0 Å². The first-order chi connectivity index (χ1) is 9.03. The number of amides is 2. The Morgan fingerprint density at radius 3 is 1.26 bits per heavy atom. The summed E-state index contributed by atoms with van der Waals surface area (Å²) < 4.78 is 0. The molecule has 0 heterocycles. The maximum atomic E-state index is 10.5. The van der Waals surface area contributed by atoms with Crippen molar-refractivity contribution >= 4 is 38.1 Å². The average molecular weight is 436 g/mol. The topological polar surface area (TPSA) is 62.3 Å². The molecule has 0 bridgehead atoms. The Labute approximate surface area is 139 Å². The summed E-state index contributed by atoms with van der Waals surface area (Å²) in [6.07, 6.45) is 3.02. The molecule has 19 heavy (non-hydrogen) atoms. The first kappa shape index (κ1) is 24.6. The van der Waals surface area contributed by atoms with Gasteiger partial charge in [0.2, 0.25) is 0 Å². The molecule has 0 N–H and O–H groups in total. The number of nitrogens with zero attached hydrogens (tertiary/aromatic N) is 2. The number of carbonyl (C=O) groups excluding carboxylic acids is 2. The van der Waals surface area contributed by atoms with Crippen molar-refractivity contribution in [3.8, 4) is 0 Å². The molecule has 0 aromatic rings. The molecule has 0 rings (SSSR count). The zero-order valence-corrected chi connectivity index (χ0v) is 16.9. The first-order valence-electron chi connectivity index (χ1n) is 6.40. The summed E-state index contributed by atoms with van der Waals surface area (Å²) in [6.45, 7) is 8.94. The van der Waals surface area contributed by atoms with Gasteiger partial charge in [0.05, 0.1) is 11.8 Å². The van der Waals surface area contributed by atoms with Gasteiger partial charge in [0.25, 0.3) is 0 Å². The SMILES string of the molecule is CCCC(=O)[N-]CC.CCCC(=O)[N-]CC.[Br][Ti][Br]. The maximum absolute atomic E-state index is 10.5. The monoisotopic (exact) mass is 434 g/mol. The van der Waals surface area contributed by atoms with Crippen molar-refractivity contribution in [1.29, 1.82) is 0 Å². The normalized spacial score (nSPS) is 8.11. The average Bonchev–Trinajstić information content (AvgIpc) is 2.32. The third-order valence-electron chi connectivity index (χ3n) is 1.60. The predicted octanol–water partition coefficient (Wildman–Crippen LogP) is 5.10. The van der Waals surface area contributed by atoms with Gasteiger partial charge in [-0.1, -0.05) is 40.5 Å². The molecular formula is C12H24Br2N2O2Ti-2. The van der Waals surface area contributed by atoms with Crippen LogP contribution in [0.3, 0.4) is 0 Å². The zero-order chi connectivity index (χ0) is 15.5. The van der Waals surface area contributed by atoms with Gasteiger partial charge in [-0.2, -0.15) is 0 Å². The Morgan fingerprint density at radius 2 is 1.11 bits per heavy atom. The van der Waals surface area contributed by atoms with E-state index in [9.17, 15) is 9.59 Å². The molecule has 114 valence electrons. The van der Waals surface area contributed by atoms with E-state index in [4.69, 9.17) is 0 Å². The number of hydrogen-bond acceptors (Lipinski definition) is 2. The van der Waals surface area contributed by atoms with Gasteiger partial charge in [-0.3, -0.25) is 0 Å². The van der Waals surface area contributed by atoms with Gasteiger partial charge in [0, 0.05) is 0 Å². The molecule has 4 nitrogen and oxygen atoms in total. The van der Waals surface area contributed by atoms with E-state index in [1.54, 1.807) is 0 Å². The van der Waals surface area contributed by atoms with Crippen LogP contribution in [0.1, 0.15) is 53.4 Å². The molecule has 0 spiro atoms. The Balaban J connectivity index is -0.000000224. The number of halogens is 2. The van der Waals surface area contributed by atoms with E-state index in [1.807, 2.05) is 27.7 Å². The zero-order valence-electron chi connectivity index (χ0n) is 12.2. The second-order valence-electron chi connectivity index (χ2n) is 3.31. The molecule has 0 saturated carbocycles. The van der Waals surface area contributed by atoms with E-state index in [0.717, 1.165) is 12.8 Å². The van der Waals surface area contributed by atoms with Crippen LogP contribution in [0.25, 0.3) is 10.6 Å². The number of rotatable bonds is 6. The van der Waals surface area contributed by atoms with Gasteiger partial charge < -0.3 is 20.2 Å². The molecule has 0 radical (unpaired) electrons. The van der Waals surface area contributed by atoms with Gasteiger partial charge in [-0.15, -0.1) is 13.1 Å². The van der Waals surface area contributed by atoms with Crippen molar-refractivity contribution in [3.63, 3.8) is 0 Å². The van der Waals surface area contributed by atoms with Crippen LogP contribution in [-0.2, 0) is 24.6 Å². The molecule has 0 aromatic heterocycles. The fourth-order valence-corrected chi connectivity index (χ4v) is 0.939. The summed E-state index contributed by atoms with van der Waals surface area (Å²) in [4.78, 5) is 21.0. The van der Waals surface area contributed by atoms with E-state index >= 15 is 0 Å². The molecule has 0 atom stereocenters. The Bertz CT molecular complexity index is 172. The van der Waals surface area contributed by atoms with Crippen LogP contribution in [0.15, 0.2) is 0 Å². The molecule has 0 unspecified atom stereocenters. The molecular weight excluding hydrogens is 412 g/mol. The van der Waals surface area contributed by atoms with Crippen LogP contribution in [0.2, 0.25) is 0 Å². The van der Waals surface area contributed by atoms with Crippen LogP contribution in [0, 0.1) is 0 Å². The predicted molar refractivity (Wildman–Crippen MR) is 85.5 cm³/mol. The summed E-state index contributed by atoms with van der Waals surface area (Å²) in [5.41, 5.74) is 0. The summed E-state index contributed by atoms with van der Waals surface area (Å²) in [7, 11) is 0. The molecule has 2 amide bonds. The van der Waals surface area contributed by atoms with E-state index in [-0.39, 0.29) is 26.8 Å². The summed E-state index contributed by atoms with van der Waals surface area (Å²) in [5, 5.41) is 7.35. The standard InChI is InChI=1S/2C6H13NO.2BrH.Ti/c2*1-3-5-6(8)7-4-2;;;/h2*3-5H2,1-2H3,(H,7,8);2*1H;/q;;;;+2/p-4. The summed E-state index contributed by atoms with van der Waals surface area (Å²) in [6, 6.07) is 0. The van der Waals surface area contributed by atoms with E-state index in [1.165, 1.54) is 0 Å². The van der Waals surface area contributed by atoms with Crippen molar-refractivity contribution in [2.24, 2.45) is 0 Å². The van der Waals surface area contributed by atoms with Gasteiger partial charge in [-0.25, -0.2) is 0 Å².